The Kier molecular flexibility index (Phi) is 5.32. The molecule has 2 N–H and O–H groups in total. The molecule has 1 fully saturated rings. The monoisotopic (exact) mass is 265 g/mol. The Balaban J connectivity index is 0.00000112. The molecule has 0 aromatic carbocycles. The molecule has 0 atom stereocenters. The molecule has 6 heteroatoms. The Bertz CT molecular complexity index is 297. The Morgan fingerprint density at radius 3 is 2.47 bits per heavy atom. The highest BCUT2D eigenvalue weighted by atomic mass is 35.5. The van der Waals surface area contributed by atoms with E-state index in [1.54, 1.807) is 11.3 Å². The quantitative estimate of drug-likeness (QED) is 0.893. The maximum atomic E-state index is 5.86. The maximum Gasteiger partial charge on any atom is 0.174 e. The number of thioether (sulfide) groups is 1. The highest BCUT2D eigenvalue weighted by Crippen LogP contribution is 2.34. The summed E-state index contributed by atoms with van der Waals surface area (Å²) in [6, 6.07) is 0.433. The van der Waals surface area contributed by atoms with Crippen LogP contribution < -0.4 is 5.73 Å². The van der Waals surface area contributed by atoms with Crippen LogP contribution in [0.25, 0.3) is 0 Å². The van der Waals surface area contributed by atoms with E-state index < -0.39 is 0 Å². The zero-order valence-corrected chi connectivity index (χ0v) is 11.1. The van der Waals surface area contributed by atoms with Crippen molar-refractivity contribution in [1.82, 2.24) is 10.2 Å². The van der Waals surface area contributed by atoms with Crippen LogP contribution in [-0.2, 0) is 0 Å². The van der Waals surface area contributed by atoms with Crippen LogP contribution in [0.3, 0.4) is 0 Å². The molecule has 1 saturated carbocycles. The summed E-state index contributed by atoms with van der Waals surface area (Å²) in [7, 11) is 0. The third kappa shape index (κ3) is 3.90. The van der Waals surface area contributed by atoms with Crippen molar-refractivity contribution in [3.63, 3.8) is 0 Å². The average molecular weight is 266 g/mol. The van der Waals surface area contributed by atoms with Crippen molar-refractivity contribution >= 4 is 35.5 Å². The van der Waals surface area contributed by atoms with Gasteiger partial charge in [0.25, 0.3) is 0 Å². The first-order chi connectivity index (χ1) is 6.74. The van der Waals surface area contributed by atoms with E-state index in [1.807, 2.05) is 18.7 Å². The Hall–Kier alpha value is 0.160. The molecular formula is C9H16ClN3S2. The van der Waals surface area contributed by atoms with Gasteiger partial charge in [0.1, 0.15) is 5.01 Å². The van der Waals surface area contributed by atoms with Crippen molar-refractivity contribution in [2.45, 2.75) is 48.2 Å². The van der Waals surface area contributed by atoms with Crippen LogP contribution in [0, 0.1) is 6.92 Å². The summed E-state index contributed by atoms with van der Waals surface area (Å²) in [5.74, 6) is 0. The van der Waals surface area contributed by atoms with E-state index >= 15 is 0 Å². The molecule has 0 bridgehead atoms. The Morgan fingerprint density at radius 2 is 1.93 bits per heavy atom. The first-order valence-electron chi connectivity index (χ1n) is 4.96. The molecule has 1 heterocycles. The molecule has 3 nitrogen and oxygen atoms in total. The molecule has 2 rings (SSSR count). The smallest absolute Gasteiger partial charge is 0.174 e. The summed E-state index contributed by atoms with van der Waals surface area (Å²) < 4.78 is 1.11. The van der Waals surface area contributed by atoms with Gasteiger partial charge in [0.2, 0.25) is 0 Å². The number of nitrogens with zero attached hydrogens (tertiary/aromatic N) is 2. The second-order valence-electron chi connectivity index (χ2n) is 3.74. The summed E-state index contributed by atoms with van der Waals surface area (Å²) in [5.41, 5.74) is 5.86. The molecule has 0 unspecified atom stereocenters. The number of aromatic nitrogens is 2. The normalized spacial score (nSPS) is 26.0. The fourth-order valence-corrected chi connectivity index (χ4v) is 3.93. The van der Waals surface area contributed by atoms with Gasteiger partial charge in [-0.05, 0) is 32.6 Å². The summed E-state index contributed by atoms with van der Waals surface area (Å²) in [4.78, 5) is 0. The van der Waals surface area contributed by atoms with E-state index in [1.165, 1.54) is 12.8 Å². The van der Waals surface area contributed by atoms with Crippen molar-refractivity contribution in [1.29, 1.82) is 0 Å². The minimum Gasteiger partial charge on any atom is -0.328 e. The third-order valence-corrected chi connectivity index (χ3v) is 4.75. The highest BCUT2D eigenvalue weighted by molar-refractivity contribution is 8.01. The van der Waals surface area contributed by atoms with Gasteiger partial charge in [-0.15, -0.1) is 22.6 Å². The van der Waals surface area contributed by atoms with E-state index in [4.69, 9.17) is 5.73 Å². The van der Waals surface area contributed by atoms with Crippen LogP contribution in [-0.4, -0.2) is 21.5 Å². The number of rotatable bonds is 2. The van der Waals surface area contributed by atoms with Gasteiger partial charge < -0.3 is 5.73 Å². The van der Waals surface area contributed by atoms with Crippen LogP contribution in [0.1, 0.15) is 30.7 Å². The first kappa shape index (κ1) is 13.2. The summed E-state index contributed by atoms with van der Waals surface area (Å²) in [6.45, 7) is 2.00. The zero-order chi connectivity index (χ0) is 9.97. The molecule has 0 spiro atoms. The van der Waals surface area contributed by atoms with Gasteiger partial charge in [-0.25, -0.2) is 0 Å². The summed E-state index contributed by atoms with van der Waals surface area (Å²) in [5, 5.41) is 9.92. The van der Waals surface area contributed by atoms with Gasteiger partial charge in [0.15, 0.2) is 4.34 Å². The average Bonchev–Trinajstić information content (AvgIpc) is 2.56. The zero-order valence-electron chi connectivity index (χ0n) is 8.68. The third-order valence-electron chi connectivity index (χ3n) is 2.49. The minimum absolute atomic E-state index is 0. The van der Waals surface area contributed by atoms with Crippen molar-refractivity contribution in [2.75, 3.05) is 0 Å². The molecule has 86 valence electrons. The predicted octanol–water partition coefficient (Wildman–Crippen LogP) is 2.63. The number of halogens is 1. The SMILES string of the molecule is Cc1nnc(SC2CCC(N)CC2)s1.Cl. The Labute approximate surface area is 105 Å². The van der Waals surface area contributed by atoms with Crippen molar-refractivity contribution < 1.29 is 0 Å². The van der Waals surface area contributed by atoms with Gasteiger partial charge in [-0.1, -0.05) is 23.1 Å². The lowest BCUT2D eigenvalue weighted by Crippen LogP contribution is -2.27. The molecule has 1 aliphatic rings. The fraction of sp³-hybridized carbons (Fsp3) is 0.778. The van der Waals surface area contributed by atoms with Crippen LogP contribution in [0.5, 0.6) is 0 Å². The van der Waals surface area contributed by atoms with Crippen LogP contribution in [0.4, 0.5) is 0 Å². The van der Waals surface area contributed by atoms with Gasteiger partial charge in [-0.3, -0.25) is 0 Å². The molecule has 0 aliphatic heterocycles. The van der Waals surface area contributed by atoms with Crippen molar-refractivity contribution in [3.05, 3.63) is 5.01 Å². The summed E-state index contributed by atoms with van der Waals surface area (Å²) >= 11 is 3.57. The molecular weight excluding hydrogens is 250 g/mol. The summed E-state index contributed by atoms with van der Waals surface area (Å²) in [6.07, 6.45) is 4.78. The van der Waals surface area contributed by atoms with Crippen molar-refractivity contribution in [2.24, 2.45) is 5.73 Å². The molecule has 1 aliphatic carbocycles. The van der Waals surface area contributed by atoms with E-state index in [2.05, 4.69) is 10.2 Å². The number of nitrogens with two attached hydrogens (primary N) is 1. The fourth-order valence-electron chi connectivity index (χ4n) is 1.68. The second-order valence-corrected chi connectivity index (χ2v) is 6.47. The van der Waals surface area contributed by atoms with Crippen LogP contribution >= 0.6 is 35.5 Å². The van der Waals surface area contributed by atoms with Gasteiger partial charge in [0.05, 0.1) is 0 Å². The van der Waals surface area contributed by atoms with E-state index in [-0.39, 0.29) is 12.4 Å². The molecule has 0 saturated heterocycles. The molecule has 1 aromatic rings. The Morgan fingerprint density at radius 1 is 1.27 bits per heavy atom. The molecule has 15 heavy (non-hydrogen) atoms. The van der Waals surface area contributed by atoms with E-state index in [9.17, 15) is 0 Å². The second kappa shape index (κ2) is 6.03. The number of aryl methyl sites for hydroxylation is 1. The maximum absolute atomic E-state index is 5.86. The lowest BCUT2D eigenvalue weighted by Gasteiger charge is -2.24. The van der Waals surface area contributed by atoms with Crippen LogP contribution in [0.15, 0.2) is 4.34 Å². The standard InChI is InChI=1S/C9H15N3S2.ClH/c1-6-11-12-9(13-6)14-8-4-2-7(10)3-5-8;/h7-8H,2-5,10H2,1H3;1H. The topological polar surface area (TPSA) is 51.8 Å². The molecule has 0 radical (unpaired) electrons. The predicted molar refractivity (Wildman–Crippen MR) is 68.0 cm³/mol. The lowest BCUT2D eigenvalue weighted by atomic mass is 9.96. The van der Waals surface area contributed by atoms with Gasteiger partial charge in [-0.2, -0.15) is 0 Å². The largest absolute Gasteiger partial charge is 0.328 e. The van der Waals surface area contributed by atoms with Gasteiger partial charge in [0, 0.05) is 11.3 Å². The van der Waals surface area contributed by atoms with Crippen LogP contribution in [0.2, 0.25) is 0 Å². The van der Waals surface area contributed by atoms with Crippen molar-refractivity contribution in [3.8, 4) is 0 Å². The lowest BCUT2D eigenvalue weighted by molar-refractivity contribution is 0.450. The highest BCUT2D eigenvalue weighted by Gasteiger charge is 2.20. The molecule has 0 amide bonds. The number of hydrogen-bond donors (Lipinski definition) is 1. The van der Waals surface area contributed by atoms with E-state index in [0.717, 1.165) is 22.2 Å². The van der Waals surface area contributed by atoms with Gasteiger partial charge >= 0.3 is 0 Å². The number of hydrogen-bond acceptors (Lipinski definition) is 5. The first-order valence-corrected chi connectivity index (χ1v) is 6.66. The molecule has 1 aromatic heterocycles. The van der Waals surface area contributed by atoms with E-state index in [0.29, 0.717) is 11.3 Å². The minimum atomic E-state index is 0.